The number of rotatable bonds is 2. The summed E-state index contributed by atoms with van der Waals surface area (Å²) >= 11 is 1.69. The molecule has 1 N–H and O–H groups in total. The topological polar surface area (TPSA) is 48.2 Å². The lowest BCUT2D eigenvalue weighted by molar-refractivity contribution is 0.729. The summed E-state index contributed by atoms with van der Waals surface area (Å²) in [5.74, 6) is 0.656. The Morgan fingerprint density at radius 1 is 1.77 bits per heavy atom. The van der Waals surface area contributed by atoms with Crippen LogP contribution in [0.3, 0.4) is 0 Å². The van der Waals surface area contributed by atoms with Crippen molar-refractivity contribution < 1.29 is 0 Å². The Kier molecular flexibility index (Phi) is 3.47. The minimum absolute atomic E-state index is 0.220. The largest absolute Gasteiger partial charge is 0.366 e. The summed E-state index contributed by atoms with van der Waals surface area (Å²) in [7, 11) is 0. The number of aliphatic imine (C=N–C) groups is 1. The van der Waals surface area contributed by atoms with Crippen LogP contribution in [0.15, 0.2) is 22.5 Å². The van der Waals surface area contributed by atoms with Crippen LogP contribution in [0, 0.1) is 11.5 Å². The minimum atomic E-state index is 0.220. The lowest BCUT2D eigenvalue weighted by atomic mass is 10.3. The molecule has 1 rings (SSSR count). The summed E-state index contributed by atoms with van der Waals surface area (Å²) < 4.78 is 0. The first kappa shape index (κ1) is 9.75. The maximum Gasteiger partial charge on any atom is 0.207 e. The summed E-state index contributed by atoms with van der Waals surface area (Å²) in [6.07, 6.45) is 1.75. The fourth-order valence-corrected chi connectivity index (χ4v) is 1.76. The SMILES string of the molecule is C/C(=N\C#N)NC(C)c1cccs1. The summed E-state index contributed by atoms with van der Waals surface area (Å²) in [4.78, 5) is 4.83. The van der Waals surface area contributed by atoms with Gasteiger partial charge in [-0.2, -0.15) is 10.3 Å². The second-order valence-electron chi connectivity index (χ2n) is 2.68. The highest BCUT2D eigenvalue weighted by atomic mass is 32.1. The summed E-state index contributed by atoms with van der Waals surface area (Å²) in [5.41, 5.74) is 0. The van der Waals surface area contributed by atoms with Gasteiger partial charge < -0.3 is 5.32 Å². The van der Waals surface area contributed by atoms with Crippen LogP contribution in [0.2, 0.25) is 0 Å². The van der Waals surface area contributed by atoms with Crippen molar-refractivity contribution in [3.8, 4) is 6.19 Å². The van der Waals surface area contributed by atoms with E-state index in [2.05, 4.69) is 16.4 Å². The van der Waals surface area contributed by atoms with Gasteiger partial charge in [0, 0.05) is 4.88 Å². The first-order valence-electron chi connectivity index (χ1n) is 3.97. The maximum atomic E-state index is 8.31. The number of thiophene rings is 1. The Balaban J connectivity index is 2.57. The van der Waals surface area contributed by atoms with Crippen LogP contribution in [-0.4, -0.2) is 5.84 Å². The molecule has 0 saturated heterocycles. The molecular weight excluding hydrogens is 182 g/mol. The van der Waals surface area contributed by atoms with Crippen molar-refractivity contribution in [2.45, 2.75) is 19.9 Å². The molecule has 1 atom stereocenters. The van der Waals surface area contributed by atoms with E-state index in [1.165, 1.54) is 4.88 Å². The number of hydrogen-bond donors (Lipinski definition) is 1. The predicted molar refractivity (Wildman–Crippen MR) is 54.6 cm³/mol. The lowest BCUT2D eigenvalue weighted by Gasteiger charge is -2.11. The van der Waals surface area contributed by atoms with Crippen LogP contribution < -0.4 is 5.32 Å². The van der Waals surface area contributed by atoms with E-state index in [0.29, 0.717) is 5.84 Å². The molecule has 1 aromatic heterocycles. The number of amidine groups is 1. The summed E-state index contributed by atoms with van der Waals surface area (Å²) in [6, 6.07) is 4.29. The van der Waals surface area contributed by atoms with Gasteiger partial charge in [0.15, 0.2) is 0 Å². The van der Waals surface area contributed by atoms with Gasteiger partial charge in [0.25, 0.3) is 0 Å². The van der Waals surface area contributed by atoms with Gasteiger partial charge in [0.05, 0.1) is 6.04 Å². The van der Waals surface area contributed by atoms with Crippen molar-refractivity contribution in [3.05, 3.63) is 22.4 Å². The zero-order valence-electron chi connectivity index (χ0n) is 7.61. The molecule has 0 aromatic carbocycles. The minimum Gasteiger partial charge on any atom is -0.366 e. The summed E-state index contributed by atoms with van der Waals surface area (Å²) in [5, 5.41) is 13.5. The van der Waals surface area contributed by atoms with Gasteiger partial charge >= 0.3 is 0 Å². The fourth-order valence-electron chi connectivity index (χ4n) is 1.03. The van der Waals surface area contributed by atoms with Crippen LogP contribution in [0.1, 0.15) is 24.8 Å². The molecule has 0 aliphatic carbocycles. The molecule has 0 fully saturated rings. The summed E-state index contributed by atoms with van der Waals surface area (Å²) in [6.45, 7) is 3.83. The number of hydrogen-bond acceptors (Lipinski definition) is 3. The third kappa shape index (κ3) is 2.88. The molecule has 0 bridgehead atoms. The van der Waals surface area contributed by atoms with Gasteiger partial charge in [-0.05, 0) is 25.3 Å². The molecule has 0 radical (unpaired) electrons. The molecule has 3 nitrogen and oxygen atoms in total. The van der Waals surface area contributed by atoms with Crippen LogP contribution in [0.5, 0.6) is 0 Å². The molecule has 68 valence electrons. The molecule has 1 unspecified atom stereocenters. The van der Waals surface area contributed by atoms with Crippen molar-refractivity contribution in [2.75, 3.05) is 0 Å². The molecule has 0 spiro atoms. The molecule has 0 saturated carbocycles. The van der Waals surface area contributed by atoms with Gasteiger partial charge in [-0.1, -0.05) is 6.07 Å². The van der Waals surface area contributed by atoms with Crippen LogP contribution in [-0.2, 0) is 0 Å². The zero-order valence-corrected chi connectivity index (χ0v) is 8.43. The van der Waals surface area contributed by atoms with Crippen LogP contribution in [0.4, 0.5) is 0 Å². The molecule has 1 aromatic rings. The molecule has 13 heavy (non-hydrogen) atoms. The lowest BCUT2D eigenvalue weighted by Crippen LogP contribution is -2.23. The Labute approximate surface area is 81.7 Å². The van der Waals surface area contributed by atoms with Crippen molar-refractivity contribution in [3.63, 3.8) is 0 Å². The van der Waals surface area contributed by atoms with E-state index in [4.69, 9.17) is 5.26 Å². The van der Waals surface area contributed by atoms with E-state index in [-0.39, 0.29) is 6.04 Å². The van der Waals surface area contributed by atoms with Crippen LogP contribution in [0.25, 0.3) is 0 Å². The van der Waals surface area contributed by atoms with Gasteiger partial charge in [-0.15, -0.1) is 11.3 Å². The monoisotopic (exact) mass is 193 g/mol. The molecular formula is C9H11N3S. The van der Waals surface area contributed by atoms with Crippen molar-refractivity contribution in [1.29, 1.82) is 5.26 Å². The maximum absolute atomic E-state index is 8.31. The van der Waals surface area contributed by atoms with E-state index in [0.717, 1.165) is 0 Å². The van der Waals surface area contributed by atoms with Crippen molar-refractivity contribution >= 4 is 17.2 Å². The first-order valence-corrected chi connectivity index (χ1v) is 4.85. The normalized spacial score (nSPS) is 13.5. The molecule has 1 heterocycles. The predicted octanol–water partition coefficient (Wildman–Crippen LogP) is 2.30. The average Bonchev–Trinajstić information content (AvgIpc) is 2.55. The highest BCUT2D eigenvalue weighted by molar-refractivity contribution is 7.10. The third-order valence-electron chi connectivity index (χ3n) is 1.61. The molecule has 0 amide bonds. The molecule has 0 aliphatic rings. The Morgan fingerprint density at radius 3 is 3.08 bits per heavy atom. The van der Waals surface area contributed by atoms with E-state index in [1.54, 1.807) is 24.5 Å². The van der Waals surface area contributed by atoms with E-state index >= 15 is 0 Å². The number of nitriles is 1. The smallest absolute Gasteiger partial charge is 0.207 e. The Morgan fingerprint density at radius 2 is 2.54 bits per heavy atom. The first-order chi connectivity index (χ1) is 6.24. The standard InChI is InChI=1S/C9H11N3S/c1-7(9-4-3-5-13-9)12-8(2)11-6-10/h3-5,7H,1-2H3,(H,11,12). The second-order valence-corrected chi connectivity index (χ2v) is 3.66. The van der Waals surface area contributed by atoms with Crippen molar-refractivity contribution in [1.82, 2.24) is 5.32 Å². The van der Waals surface area contributed by atoms with E-state index < -0.39 is 0 Å². The second kappa shape index (κ2) is 4.63. The third-order valence-corrected chi connectivity index (χ3v) is 2.67. The van der Waals surface area contributed by atoms with Gasteiger partial charge in [0.1, 0.15) is 5.84 Å². The van der Waals surface area contributed by atoms with Crippen LogP contribution >= 0.6 is 11.3 Å². The van der Waals surface area contributed by atoms with E-state index in [9.17, 15) is 0 Å². The van der Waals surface area contributed by atoms with Gasteiger partial charge in [-0.25, -0.2) is 0 Å². The average molecular weight is 193 g/mol. The van der Waals surface area contributed by atoms with E-state index in [1.807, 2.05) is 18.4 Å². The molecule has 0 aliphatic heterocycles. The quantitative estimate of drug-likeness (QED) is 0.445. The highest BCUT2D eigenvalue weighted by Gasteiger charge is 2.05. The number of nitrogens with one attached hydrogen (secondary N) is 1. The Hall–Kier alpha value is -1.34. The number of nitrogens with zero attached hydrogens (tertiary/aromatic N) is 2. The molecule has 4 heteroatoms. The van der Waals surface area contributed by atoms with Crippen molar-refractivity contribution in [2.24, 2.45) is 4.99 Å². The highest BCUT2D eigenvalue weighted by Crippen LogP contribution is 2.17. The van der Waals surface area contributed by atoms with Gasteiger partial charge in [-0.3, -0.25) is 0 Å². The zero-order chi connectivity index (χ0) is 9.68. The Bertz CT molecular complexity index is 321. The fraction of sp³-hybridized carbons (Fsp3) is 0.333. The van der Waals surface area contributed by atoms with Gasteiger partial charge in [0.2, 0.25) is 6.19 Å².